The topological polar surface area (TPSA) is 187 Å². The first-order chi connectivity index (χ1) is 32.0. The summed E-state index contributed by atoms with van der Waals surface area (Å²) in [6, 6.07) is 11.1. The summed E-state index contributed by atoms with van der Waals surface area (Å²) in [5.74, 6) is -0.635. The molecule has 0 unspecified atom stereocenters. The molecule has 0 aliphatic rings. The molecule has 378 valence electrons. The van der Waals surface area contributed by atoms with Gasteiger partial charge in [0.15, 0.2) is 0 Å². The molecule has 0 spiro atoms. The third-order valence-corrected chi connectivity index (χ3v) is 8.08. The molecule has 1 amide bonds. The molecule has 0 aromatic heterocycles. The number of carbonyl (C=O) groups is 2. The second-order valence-corrected chi connectivity index (χ2v) is 14.7. The molecule has 21 heteroatoms. The number of amides is 1. The van der Waals surface area contributed by atoms with Crippen molar-refractivity contribution in [3.8, 4) is 0 Å². The zero-order valence-electron chi connectivity index (χ0n) is 38.7. The number of para-hydroxylation sites is 1. The van der Waals surface area contributed by atoms with Gasteiger partial charge in [0, 0.05) is 12.2 Å². The van der Waals surface area contributed by atoms with Crippen molar-refractivity contribution < 1.29 is 89.1 Å². The summed E-state index contributed by atoms with van der Waals surface area (Å²) in [5.41, 5.74) is -0.638. The van der Waals surface area contributed by atoms with E-state index in [9.17, 15) is 22.8 Å². The van der Waals surface area contributed by atoms with Crippen LogP contribution < -0.4 is 10.6 Å². The van der Waals surface area contributed by atoms with Crippen molar-refractivity contribution in [1.82, 2.24) is 5.32 Å². The minimum atomic E-state index is -4.48. The number of hydrogen-bond acceptors (Lipinski definition) is 17. The maximum Gasteiger partial charge on any atom is 0.416 e. The largest absolute Gasteiger partial charge is 0.460 e. The van der Waals surface area contributed by atoms with E-state index in [1.165, 1.54) is 18.2 Å². The van der Waals surface area contributed by atoms with Crippen molar-refractivity contribution in [2.75, 3.05) is 177 Å². The lowest BCUT2D eigenvalue weighted by Gasteiger charge is -2.19. The summed E-state index contributed by atoms with van der Waals surface area (Å²) in [4.78, 5) is 24.1. The van der Waals surface area contributed by atoms with Crippen LogP contribution in [0.4, 0.5) is 29.3 Å². The lowest BCUT2D eigenvalue weighted by molar-refractivity contribution is -0.137. The van der Waals surface area contributed by atoms with Crippen molar-refractivity contribution in [3.05, 3.63) is 59.7 Å². The molecule has 0 aliphatic carbocycles. The first kappa shape index (κ1) is 58.4. The Morgan fingerprint density at radius 1 is 0.470 bits per heavy atom. The summed E-state index contributed by atoms with van der Waals surface area (Å²) in [7, 11) is 0. The Hall–Kier alpha value is -3.71. The number of ether oxygens (including phenoxy) is 14. The van der Waals surface area contributed by atoms with E-state index in [0.717, 1.165) is 12.1 Å². The SMILES string of the molecule is CC(C)(C)OC(=O)NCCOCCOCCOCCOCCOCCOCCOCCOCCOCCOCCOCCOCCOC(=O)c1ccccc1Nc1cccc(C(F)(F)F)c1. The Labute approximate surface area is 386 Å². The summed E-state index contributed by atoms with van der Waals surface area (Å²) in [6.07, 6.45) is -4.95. The monoisotopic (exact) mass is 952 g/mol. The van der Waals surface area contributed by atoms with Gasteiger partial charge in [-0.25, -0.2) is 9.59 Å². The molecule has 0 aliphatic heterocycles. The number of benzene rings is 2. The van der Waals surface area contributed by atoms with Crippen molar-refractivity contribution in [3.63, 3.8) is 0 Å². The van der Waals surface area contributed by atoms with Gasteiger partial charge in [0.2, 0.25) is 0 Å². The zero-order chi connectivity index (χ0) is 47.8. The summed E-state index contributed by atoms with van der Waals surface area (Å²) >= 11 is 0. The molecule has 0 bridgehead atoms. The van der Waals surface area contributed by atoms with Gasteiger partial charge in [0.05, 0.1) is 175 Å². The molecular weight excluding hydrogens is 881 g/mol. The van der Waals surface area contributed by atoms with Gasteiger partial charge in [0.1, 0.15) is 12.2 Å². The molecule has 2 rings (SSSR count). The number of hydrogen-bond donors (Lipinski definition) is 2. The van der Waals surface area contributed by atoms with E-state index in [4.69, 9.17) is 66.3 Å². The van der Waals surface area contributed by atoms with Gasteiger partial charge < -0.3 is 76.9 Å². The first-order valence-corrected chi connectivity index (χ1v) is 22.1. The van der Waals surface area contributed by atoms with E-state index in [0.29, 0.717) is 164 Å². The minimum absolute atomic E-state index is 0.00969. The van der Waals surface area contributed by atoms with Gasteiger partial charge in [-0.1, -0.05) is 18.2 Å². The molecule has 0 saturated carbocycles. The van der Waals surface area contributed by atoms with Crippen molar-refractivity contribution in [1.29, 1.82) is 0 Å². The van der Waals surface area contributed by atoms with E-state index in [-0.39, 0.29) is 24.5 Å². The fourth-order valence-electron chi connectivity index (χ4n) is 5.03. The number of alkyl halides is 3. The summed E-state index contributed by atoms with van der Waals surface area (Å²) < 4.78 is 115. The van der Waals surface area contributed by atoms with E-state index < -0.39 is 29.4 Å². The zero-order valence-corrected chi connectivity index (χ0v) is 38.7. The Morgan fingerprint density at radius 3 is 1.21 bits per heavy atom. The molecule has 0 heterocycles. The normalized spacial score (nSPS) is 11.8. The van der Waals surface area contributed by atoms with Crippen molar-refractivity contribution in [2.45, 2.75) is 32.5 Å². The van der Waals surface area contributed by atoms with Gasteiger partial charge in [-0.3, -0.25) is 0 Å². The molecular formula is C45H71F3N2O16. The molecule has 0 saturated heterocycles. The molecule has 0 fully saturated rings. The maximum atomic E-state index is 13.1. The van der Waals surface area contributed by atoms with Crippen LogP contribution in [0.25, 0.3) is 0 Å². The third-order valence-electron chi connectivity index (χ3n) is 8.08. The quantitative estimate of drug-likeness (QED) is 0.0642. The van der Waals surface area contributed by atoms with Crippen LogP contribution in [0.5, 0.6) is 0 Å². The number of alkyl carbamates (subject to hydrolysis) is 1. The minimum Gasteiger partial charge on any atom is -0.460 e. The fourth-order valence-corrected chi connectivity index (χ4v) is 5.03. The Kier molecular flexibility index (Phi) is 33.9. The lowest BCUT2D eigenvalue weighted by atomic mass is 10.1. The molecule has 66 heavy (non-hydrogen) atoms. The molecule has 2 aromatic rings. The van der Waals surface area contributed by atoms with Crippen molar-refractivity contribution in [2.24, 2.45) is 0 Å². The van der Waals surface area contributed by atoms with Crippen LogP contribution in [0.3, 0.4) is 0 Å². The van der Waals surface area contributed by atoms with Crippen LogP contribution in [0.15, 0.2) is 48.5 Å². The van der Waals surface area contributed by atoms with Crippen LogP contribution in [0, 0.1) is 0 Å². The molecule has 0 atom stereocenters. The van der Waals surface area contributed by atoms with Crippen LogP contribution in [0.2, 0.25) is 0 Å². The highest BCUT2D eigenvalue weighted by Gasteiger charge is 2.30. The lowest BCUT2D eigenvalue weighted by Crippen LogP contribution is -2.34. The van der Waals surface area contributed by atoms with Crippen LogP contribution >= 0.6 is 0 Å². The summed E-state index contributed by atoms with van der Waals surface area (Å²) in [6.45, 7) is 15.8. The van der Waals surface area contributed by atoms with E-state index in [1.807, 2.05) is 0 Å². The standard InChI is InChI=1S/C45H71F3N2O16/c1-44(2,3)66-43(52)49-11-12-53-13-14-54-15-16-55-17-18-56-19-20-57-21-22-58-23-24-59-25-26-60-27-28-61-29-30-62-31-32-63-33-34-64-35-36-65-42(51)40-9-4-5-10-41(40)50-39-8-6-7-38(37-39)45(46,47)48/h4-10,37,50H,11-36H2,1-3H3,(H,49,52). The Morgan fingerprint density at radius 2 is 0.833 bits per heavy atom. The highest BCUT2D eigenvalue weighted by molar-refractivity contribution is 5.96. The molecule has 2 aromatic carbocycles. The second-order valence-electron chi connectivity index (χ2n) is 14.7. The average Bonchev–Trinajstić information content (AvgIpc) is 3.27. The average molecular weight is 953 g/mol. The van der Waals surface area contributed by atoms with Gasteiger partial charge in [-0.2, -0.15) is 13.2 Å². The number of nitrogens with one attached hydrogen (secondary N) is 2. The highest BCUT2D eigenvalue weighted by Crippen LogP contribution is 2.32. The number of rotatable bonds is 42. The first-order valence-electron chi connectivity index (χ1n) is 22.1. The number of carbonyl (C=O) groups excluding carboxylic acids is 2. The number of halogens is 3. The van der Waals surface area contributed by atoms with Crippen LogP contribution in [0.1, 0.15) is 36.7 Å². The van der Waals surface area contributed by atoms with Gasteiger partial charge in [-0.15, -0.1) is 0 Å². The molecule has 2 N–H and O–H groups in total. The molecule has 0 radical (unpaired) electrons. The van der Waals surface area contributed by atoms with E-state index in [2.05, 4.69) is 10.6 Å². The Balaban J connectivity index is 1.22. The number of esters is 1. The van der Waals surface area contributed by atoms with Crippen molar-refractivity contribution >= 4 is 23.4 Å². The smallest absolute Gasteiger partial charge is 0.416 e. The number of anilines is 2. The van der Waals surface area contributed by atoms with E-state index in [1.54, 1.807) is 39.0 Å². The highest BCUT2D eigenvalue weighted by atomic mass is 19.4. The van der Waals surface area contributed by atoms with Gasteiger partial charge >= 0.3 is 18.2 Å². The van der Waals surface area contributed by atoms with Crippen LogP contribution in [-0.4, -0.2) is 189 Å². The Bertz CT molecular complexity index is 1510. The third kappa shape index (κ3) is 33.7. The fraction of sp³-hybridized carbons (Fsp3) is 0.689. The van der Waals surface area contributed by atoms with Gasteiger partial charge in [0.25, 0.3) is 0 Å². The predicted octanol–water partition coefficient (Wildman–Crippen LogP) is 5.33. The van der Waals surface area contributed by atoms with Gasteiger partial charge in [-0.05, 0) is 51.1 Å². The maximum absolute atomic E-state index is 13.1. The van der Waals surface area contributed by atoms with Crippen LogP contribution in [-0.2, 0) is 72.5 Å². The summed E-state index contributed by atoms with van der Waals surface area (Å²) in [5, 5.41) is 5.48. The second kappa shape index (κ2) is 38.3. The predicted molar refractivity (Wildman–Crippen MR) is 236 cm³/mol. The molecule has 18 nitrogen and oxygen atoms in total. The van der Waals surface area contributed by atoms with E-state index >= 15 is 0 Å².